The third-order valence-corrected chi connectivity index (χ3v) is 2.88. The number of carboxylic acids is 1. The molecule has 0 aromatic heterocycles. The molecule has 0 saturated heterocycles. The number of rotatable bonds is 3. The Hall–Kier alpha value is -0.870. The zero-order valence-corrected chi connectivity index (χ0v) is 9.41. The molecule has 0 spiro atoms. The van der Waals surface area contributed by atoms with Crippen molar-refractivity contribution in [1.82, 2.24) is 0 Å². The van der Waals surface area contributed by atoms with Crippen LogP contribution in [0.1, 0.15) is 11.1 Å². The van der Waals surface area contributed by atoms with E-state index < -0.39 is 12.0 Å². The predicted molar refractivity (Wildman–Crippen MR) is 58.2 cm³/mol. The Balaban J connectivity index is 2.78. The van der Waals surface area contributed by atoms with Gasteiger partial charge in [-0.1, -0.05) is 28.1 Å². The average Bonchev–Trinajstić information content (AvgIpc) is 2.11. The second-order valence-electron chi connectivity index (χ2n) is 3.23. The lowest BCUT2D eigenvalue weighted by molar-refractivity contribution is -0.138. The van der Waals surface area contributed by atoms with E-state index in [-0.39, 0.29) is 0 Å². The molecule has 3 nitrogen and oxygen atoms in total. The van der Waals surface area contributed by atoms with Gasteiger partial charge in [-0.05, 0) is 30.5 Å². The molecule has 0 fully saturated rings. The fourth-order valence-electron chi connectivity index (χ4n) is 1.18. The van der Waals surface area contributed by atoms with Crippen molar-refractivity contribution >= 4 is 21.9 Å². The minimum atomic E-state index is -0.967. The number of benzene rings is 1. The number of hydrogen-bond acceptors (Lipinski definition) is 2. The lowest BCUT2D eigenvalue weighted by atomic mass is 10.0. The van der Waals surface area contributed by atoms with Gasteiger partial charge in [-0.15, -0.1) is 0 Å². The van der Waals surface area contributed by atoms with E-state index in [1.165, 1.54) is 0 Å². The molecule has 0 aliphatic carbocycles. The molecule has 1 rings (SSSR count). The lowest BCUT2D eigenvalue weighted by Gasteiger charge is -2.07. The van der Waals surface area contributed by atoms with Gasteiger partial charge in [0, 0.05) is 4.47 Å². The summed E-state index contributed by atoms with van der Waals surface area (Å²) in [5.41, 5.74) is 7.45. The smallest absolute Gasteiger partial charge is 0.320 e. The van der Waals surface area contributed by atoms with Crippen LogP contribution >= 0.6 is 15.9 Å². The average molecular weight is 258 g/mol. The summed E-state index contributed by atoms with van der Waals surface area (Å²) in [6.07, 6.45) is 0.365. The molecular weight excluding hydrogens is 246 g/mol. The van der Waals surface area contributed by atoms with Crippen LogP contribution in [0.15, 0.2) is 22.7 Å². The standard InChI is InChI=1S/C10H12BrNO2/c1-6-4-7(2-3-8(6)11)5-9(12)10(13)14/h2-4,9H,5,12H2,1H3,(H,13,14)/t9-/m1/s1. The molecule has 1 atom stereocenters. The second kappa shape index (κ2) is 4.57. The van der Waals surface area contributed by atoms with Gasteiger partial charge in [-0.25, -0.2) is 0 Å². The SMILES string of the molecule is Cc1cc(C[C@@H](N)C(=O)O)ccc1Br. The summed E-state index contributed by atoms with van der Waals surface area (Å²) in [6, 6.07) is 4.89. The first-order chi connectivity index (χ1) is 6.50. The third kappa shape index (κ3) is 2.82. The summed E-state index contributed by atoms with van der Waals surface area (Å²) in [5, 5.41) is 8.63. The predicted octanol–water partition coefficient (Wildman–Crippen LogP) is 1.71. The monoisotopic (exact) mass is 257 g/mol. The Morgan fingerprint density at radius 2 is 2.29 bits per heavy atom. The topological polar surface area (TPSA) is 63.3 Å². The van der Waals surface area contributed by atoms with E-state index in [2.05, 4.69) is 15.9 Å². The number of aliphatic carboxylic acids is 1. The van der Waals surface area contributed by atoms with Gasteiger partial charge in [0.1, 0.15) is 6.04 Å². The van der Waals surface area contributed by atoms with Gasteiger partial charge in [0.05, 0.1) is 0 Å². The fourth-order valence-corrected chi connectivity index (χ4v) is 1.42. The summed E-state index contributed by atoms with van der Waals surface area (Å²) in [4.78, 5) is 10.5. The molecule has 76 valence electrons. The maximum Gasteiger partial charge on any atom is 0.320 e. The first-order valence-corrected chi connectivity index (χ1v) is 5.03. The largest absolute Gasteiger partial charge is 0.480 e. The Kier molecular flexibility index (Phi) is 3.66. The summed E-state index contributed by atoms with van der Waals surface area (Å²) in [6.45, 7) is 1.96. The van der Waals surface area contributed by atoms with Crippen LogP contribution in [-0.2, 0) is 11.2 Å². The molecule has 0 unspecified atom stereocenters. The van der Waals surface area contributed by atoms with E-state index in [4.69, 9.17) is 10.8 Å². The molecule has 1 aromatic carbocycles. The van der Waals surface area contributed by atoms with E-state index in [0.29, 0.717) is 6.42 Å². The Morgan fingerprint density at radius 1 is 1.64 bits per heavy atom. The zero-order chi connectivity index (χ0) is 10.7. The summed E-state index contributed by atoms with van der Waals surface area (Å²) in [7, 11) is 0. The number of aryl methyl sites for hydroxylation is 1. The van der Waals surface area contributed by atoms with E-state index in [0.717, 1.165) is 15.6 Å². The van der Waals surface area contributed by atoms with Crippen LogP contribution in [0.2, 0.25) is 0 Å². The van der Waals surface area contributed by atoms with Crippen LogP contribution < -0.4 is 5.73 Å². The van der Waals surface area contributed by atoms with Crippen molar-refractivity contribution in [3.63, 3.8) is 0 Å². The molecule has 0 heterocycles. The van der Waals surface area contributed by atoms with Crippen molar-refractivity contribution in [2.45, 2.75) is 19.4 Å². The highest BCUT2D eigenvalue weighted by Gasteiger charge is 2.12. The van der Waals surface area contributed by atoms with Crippen molar-refractivity contribution < 1.29 is 9.90 Å². The van der Waals surface area contributed by atoms with Crippen molar-refractivity contribution in [2.24, 2.45) is 5.73 Å². The first kappa shape index (κ1) is 11.2. The molecule has 3 N–H and O–H groups in total. The molecule has 0 radical (unpaired) electrons. The Bertz CT molecular complexity index is 352. The van der Waals surface area contributed by atoms with E-state index in [1.54, 1.807) is 0 Å². The normalized spacial score (nSPS) is 12.5. The van der Waals surface area contributed by atoms with E-state index >= 15 is 0 Å². The van der Waals surface area contributed by atoms with E-state index in [9.17, 15) is 4.79 Å². The molecule has 0 saturated carbocycles. The van der Waals surface area contributed by atoms with Gasteiger partial charge in [0.2, 0.25) is 0 Å². The molecule has 14 heavy (non-hydrogen) atoms. The van der Waals surface area contributed by atoms with Gasteiger partial charge in [-0.2, -0.15) is 0 Å². The summed E-state index contributed by atoms with van der Waals surface area (Å²) < 4.78 is 1.02. The van der Waals surface area contributed by atoms with Crippen molar-refractivity contribution in [3.05, 3.63) is 33.8 Å². The van der Waals surface area contributed by atoms with Gasteiger partial charge in [-0.3, -0.25) is 4.79 Å². The van der Waals surface area contributed by atoms with E-state index in [1.807, 2.05) is 25.1 Å². The van der Waals surface area contributed by atoms with Crippen LogP contribution in [-0.4, -0.2) is 17.1 Å². The number of carbonyl (C=O) groups is 1. The Labute approximate surface area is 91.1 Å². The maximum absolute atomic E-state index is 10.5. The molecule has 4 heteroatoms. The highest BCUT2D eigenvalue weighted by molar-refractivity contribution is 9.10. The van der Waals surface area contributed by atoms with Crippen LogP contribution in [0.3, 0.4) is 0 Å². The van der Waals surface area contributed by atoms with Crippen molar-refractivity contribution in [1.29, 1.82) is 0 Å². The second-order valence-corrected chi connectivity index (χ2v) is 4.09. The highest BCUT2D eigenvalue weighted by Crippen LogP contribution is 2.17. The quantitative estimate of drug-likeness (QED) is 0.867. The summed E-state index contributed by atoms with van der Waals surface area (Å²) >= 11 is 3.38. The minimum absolute atomic E-state index is 0.365. The van der Waals surface area contributed by atoms with Crippen LogP contribution in [0.25, 0.3) is 0 Å². The minimum Gasteiger partial charge on any atom is -0.480 e. The number of hydrogen-bond donors (Lipinski definition) is 2. The molecule has 1 aromatic rings. The molecule has 0 bridgehead atoms. The van der Waals surface area contributed by atoms with Crippen molar-refractivity contribution in [3.8, 4) is 0 Å². The molecular formula is C10H12BrNO2. The van der Waals surface area contributed by atoms with Crippen LogP contribution in [0, 0.1) is 6.92 Å². The first-order valence-electron chi connectivity index (χ1n) is 4.24. The third-order valence-electron chi connectivity index (χ3n) is 2.00. The van der Waals surface area contributed by atoms with Gasteiger partial charge >= 0.3 is 5.97 Å². The maximum atomic E-state index is 10.5. The van der Waals surface area contributed by atoms with Crippen LogP contribution in [0.4, 0.5) is 0 Å². The highest BCUT2D eigenvalue weighted by atomic mass is 79.9. The molecule has 0 amide bonds. The number of halogens is 1. The zero-order valence-electron chi connectivity index (χ0n) is 7.83. The number of carboxylic acid groups (broad SMARTS) is 1. The summed E-state index contributed by atoms with van der Waals surface area (Å²) in [5.74, 6) is -0.967. The Morgan fingerprint density at radius 3 is 2.79 bits per heavy atom. The van der Waals surface area contributed by atoms with Gasteiger partial charge in [0.15, 0.2) is 0 Å². The lowest BCUT2D eigenvalue weighted by Crippen LogP contribution is -2.32. The fraction of sp³-hybridized carbons (Fsp3) is 0.300. The number of nitrogens with two attached hydrogens (primary N) is 1. The van der Waals surface area contributed by atoms with Crippen molar-refractivity contribution in [2.75, 3.05) is 0 Å². The van der Waals surface area contributed by atoms with Crippen LogP contribution in [0.5, 0.6) is 0 Å². The molecule has 0 aliphatic rings. The van der Waals surface area contributed by atoms with Gasteiger partial charge < -0.3 is 10.8 Å². The molecule has 0 aliphatic heterocycles. The van der Waals surface area contributed by atoms with Gasteiger partial charge in [0.25, 0.3) is 0 Å².